The van der Waals surface area contributed by atoms with Crippen LogP contribution in [0.25, 0.3) is 0 Å². The van der Waals surface area contributed by atoms with E-state index in [0.29, 0.717) is 11.1 Å². The fraction of sp³-hybridized carbons (Fsp3) is 0.241. The van der Waals surface area contributed by atoms with E-state index in [1.54, 1.807) is 60.7 Å². The second-order valence-electron chi connectivity index (χ2n) is 10.1. The van der Waals surface area contributed by atoms with Crippen molar-refractivity contribution in [3.63, 3.8) is 0 Å². The molecule has 3 heterocycles. The summed E-state index contributed by atoms with van der Waals surface area (Å²) >= 11 is 1.10. The van der Waals surface area contributed by atoms with Gasteiger partial charge in [-0.1, -0.05) is 72.8 Å². The number of esters is 1. The first kappa shape index (κ1) is 26.5. The molecule has 208 valence electrons. The summed E-state index contributed by atoms with van der Waals surface area (Å²) in [6, 6.07) is 21.5. The van der Waals surface area contributed by atoms with Gasteiger partial charge in [0.1, 0.15) is 11.4 Å². The summed E-state index contributed by atoms with van der Waals surface area (Å²) in [4.78, 5) is 72.5. The monoisotopic (exact) mass is 573 g/mol. The molecule has 0 radical (unpaired) electrons. The molecule has 6 rings (SSSR count). The van der Waals surface area contributed by atoms with Crippen molar-refractivity contribution in [1.29, 1.82) is 0 Å². The van der Waals surface area contributed by atoms with Gasteiger partial charge in [-0.15, -0.1) is 21.9 Å². The largest absolute Gasteiger partial charge is 0.451 e. The van der Waals surface area contributed by atoms with Crippen LogP contribution in [0.5, 0.6) is 0 Å². The van der Waals surface area contributed by atoms with Crippen molar-refractivity contribution in [1.82, 2.24) is 9.80 Å². The van der Waals surface area contributed by atoms with Crippen LogP contribution in [0.4, 0.5) is 0 Å². The molecule has 3 aromatic rings. The third-order valence-electron chi connectivity index (χ3n) is 7.50. The van der Waals surface area contributed by atoms with Crippen LogP contribution in [0.15, 0.2) is 84.9 Å². The van der Waals surface area contributed by atoms with Gasteiger partial charge in [0.25, 0.3) is 22.8 Å². The Hall–Kier alpha value is -4.71. The van der Waals surface area contributed by atoms with Gasteiger partial charge in [0.05, 0.1) is 11.1 Å². The first-order valence-electron chi connectivity index (χ1n) is 12.8. The first-order chi connectivity index (χ1) is 19.7. The van der Waals surface area contributed by atoms with Gasteiger partial charge in [-0.3, -0.25) is 19.3 Å². The lowest BCUT2D eigenvalue weighted by atomic mass is 9.90. The molecule has 3 aliphatic heterocycles. The molecule has 0 aliphatic carbocycles. The highest BCUT2D eigenvalue weighted by Gasteiger charge is 2.66. The number of β-lactam (4-membered cyclic amide) rings is 1. The molecule has 41 heavy (non-hydrogen) atoms. The van der Waals surface area contributed by atoms with E-state index in [9.17, 15) is 29.3 Å². The van der Waals surface area contributed by atoms with Crippen LogP contribution in [0, 0.1) is 10.1 Å². The predicted molar refractivity (Wildman–Crippen MR) is 145 cm³/mol. The van der Waals surface area contributed by atoms with Crippen molar-refractivity contribution in [2.45, 2.75) is 36.1 Å². The Bertz CT molecular complexity index is 1490. The molecule has 0 aromatic heterocycles. The molecule has 0 spiro atoms. The molecule has 4 atom stereocenters. The maximum atomic E-state index is 13.9. The van der Waals surface area contributed by atoms with E-state index in [1.807, 2.05) is 12.1 Å². The van der Waals surface area contributed by atoms with Gasteiger partial charge in [0, 0.05) is 5.75 Å². The molecule has 3 amide bonds. The molecular weight excluding hydrogens is 550 g/mol. The van der Waals surface area contributed by atoms with Crippen molar-refractivity contribution >= 4 is 35.5 Å². The molecule has 2 saturated heterocycles. The third kappa shape index (κ3) is 4.31. The number of carbonyl (C=O) groups excluding carboxylic acids is 4. The van der Waals surface area contributed by atoms with Gasteiger partial charge >= 0.3 is 5.97 Å². The Morgan fingerprint density at radius 2 is 1.44 bits per heavy atom. The zero-order valence-corrected chi connectivity index (χ0v) is 22.4. The van der Waals surface area contributed by atoms with Crippen LogP contribution in [-0.4, -0.2) is 67.4 Å². The van der Waals surface area contributed by atoms with E-state index in [2.05, 4.69) is 0 Å². The van der Waals surface area contributed by atoms with Crippen LogP contribution in [-0.2, 0) is 19.2 Å². The number of imide groups is 1. The van der Waals surface area contributed by atoms with E-state index in [1.165, 1.54) is 19.1 Å². The van der Waals surface area contributed by atoms with E-state index in [4.69, 9.17) is 9.57 Å². The van der Waals surface area contributed by atoms with Gasteiger partial charge < -0.3 is 14.5 Å². The fourth-order valence-electron chi connectivity index (χ4n) is 5.61. The number of ether oxygens (including phenoxy) is 1. The Labute approximate surface area is 238 Å². The van der Waals surface area contributed by atoms with Gasteiger partial charge in [-0.25, -0.2) is 4.79 Å². The molecule has 0 bridgehead atoms. The van der Waals surface area contributed by atoms with E-state index in [-0.39, 0.29) is 16.9 Å². The summed E-state index contributed by atoms with van der Waals surface area (Å²) < 4.78 is 6.00. The molecule has 3 aromatic carbocycles. The summed E-state index contributed by atoms with van der Waals surface area (Å²) in [5.74, 6) is -2.90. The lowest BCUT2D eigenvalue weighted by Crippen LogP contribution is -2.79. The minimum Gasteiger partial charge on any atom is -0.451 e. The highest BCUT2D eigenvalue weighted by Crippen LogP contribution is 2.47. The zero-order valence-electron chi connectivity index (χ0n) is 21.6. The molecule has 12 heteroatoms. The van der Waals surface area contributed by atoms with Crippen LogP contribution < -0.4 is 0 Å². The standard InChI is InChI=1S/C29H23N3O8S/c1-29(40-32(37)38)16-41-27-21(30-24(33)19-14-8-9-15-20(19)25(30)34)26(35)31(27)23(29)28(36)39-22(17-10-4-2-5-11-17)18-12-6-3-7-13-18/h2-15,21-23,27H,16H2,1H3/t21?,23?,27-,29-/m1/s1. The normalized spacial score (nSPS) is 24.9. The number of hydrogen-bond acceptors (Lipinski definition) is 9. The number of thioether (sulfide) groups is 1. The number of benzene rings is 3. The number of hydrogen-bond donors (Lipinski definition) is 0. The van der Waals surface area contributed by atoms with Crippen molar-refractivity contribution in [2.75, 3.05) is 5.75 Å². The molecular formula is C29H23N3O8S. The zero-order chi connectivity index (χ0) is 28.9. The Morgan fingerprint density at radius 3 is 1.95 bits per heavy atom. The number of fused-ring (bicyclic) bond motifs is 2. The first-order valence-corrected chi connectivity index (χ1v) is 13.8. The topological polar surface area (TPSA) is 136 Å². The number of rotatable bonds is 7. The van der Waals surface area contributed by atoms with Crippen molar-refractivity contribution in [2.24, 2.45) is 0 Å². The third-order valence-corrected chi connectivity index (χ3v) is 9.06. The second-order valence-corrected chi connectivity index (χ2v) is 11.2. The van der Waals surface area contributed by atoms with Crippen LogP contribution in [0.2, 0.25) is 0 Å². The number of amides is 3. The minimum atomic E-state index is -1.76. The Kier molecular flexibility index (Phi) is 6.49. The average molecular weight is 574 g/mol. The second kappa shape index (κ2) is 10.0. The summed E-state index contributed by atoms with van der Waals surface area (Å²) in [6.45, 7) is 1.37. The van der Waals surface area contributed by atoms with Crippen molar-refractivity contribution in [3.05, 3.63) is 117 Å². The van der Waals surface area contributed by atoms with Crippen LogP contribution in [0.3, 0.4) is 0 Å². The van der Waals surface area contributed by atoms with Crippen LogP contribution in [0.1, 0.15) is 44.9 Å². The quantitative estimate of drug-likeness (QED) is 0.137. The SMILES string of the molecule is C[C@@]1(O[N+](=O)[O-])CS[C@@H]2C(N3C(=O)c4ccccc4C3=O)C(=O)N2C1C(=O)OC(c1ccccc1)c1ccccc1. The van der Waals surface area contributed by atoms with Crippen molar-refractivity contribution < 1.29 is 33.8 Å². The maximum Gasteiger partial charge on any atom is 0.332 e. The smallest absolute Gasteiger partial charge is 0.332 e. The number of carbonyl (C=O) groups is 4. The van der Waals surface area contributed by atoms with Gasteiger partial charge in [-0.05, 0) is 30.2 Å². The van der Waals surface area contributed by atoms with E-state index >= 15 is 0 Å². The molecule has 11 nitrogen and oxygen atoms in total. The molecule has 0 N–H and O–H groups in total. The molecule has 3 aliphatic rings. The van der Waals surface area contributed by atoms with Crippen LogP contribution >= 0.6 is 11.8 Å². The molecule has 2 fully saturated rings. The summed E-state index contributed by atoms with van der Waals surface area (Å²) in [6.07, 6.45) is -0.874. The maximum absolute atomic E-state index is 13.9. The lowest BCUT2D eigenvalue weighted by molar-refractivity contribution is -0.779. The fourth-order valence-corrected chi connectivity index (χ4v) is 7.13. The molecule has 2 unspecified atom stereocenters. The van der Waals surface area contributed by atoms with Gasteiger partial charge in [0.15, 0.2) is 17.7 Å². The summed E-state index contributed by atoms with van der Waals surface area (Å²) in [5, 5.41) is 9.68. The number of nitrogens with zero attached hydrogens (tertiary/aromatic N) is 3. The highest BCUT2D eigenvalue weighted by molar-refractivity contribution is 8.00. The van der Waals surface area contributed by atoms with Gasteiger partial charge in [0.2, 0.25) is 0 Å². The van der Waals surface area contributed by atoms with Gasteiger partial charge in [-0.2, -0.15) is 0 Å². The molecule has 0 saturated carbocycles. The van der Waals surface area contributed by atoms with E-state index in [0.717, 1.165) is 21.6 Å². The van der Waals surface area contributed by atoms with E-state index < -0.39 is 57.9 Å². The summed E-state index contributed by atoms with van der Waals surface area (Å²) in [5.41, 5.74) is -0.0669. The summed E-state index contributed by atoms with van der Waals surface area (Å²) in [7, 11) is 0. The van der Waals surface area contributed by atoms with Crippen molar-refractivity contribution in [3.8, 4) is 0 Å². The highest BCUT2D eigenvalue weighted by atomic mass is 32.2. The predicted octanol–water partition coefficient (Wildman–Crippen LogP) is 3.23. The Morgan fingerprint density at radius 1 is 0.927 bits per heavy atom. The average Bonchev–Trinajstić information content (AvgIpc) is 3.21. The Balaban J connectivity index is 1.33. The minimum absolute atomic E-state index is 0.0802. The lowest BCUT2D eigenvalue weighted by Gasteiger charge is -2.57.